The van der Waals surface area contributed by atoms with E-state index in [9.17, 15) is 5.11 Å². The summed E-state index contributed by atoms with van der Waals surface area (Å²) in [6.45, 7) is 10.8. The summed E-state index contributed by atoms with van der Waals surface area (Å²) in [5, 5.41) is 12.5. The number of nitrogens with zero attached hydrogens (tertiary/aromatic N) is 4. The molecule has 5 heteroatoms. The van der Waals surface area contributed by atoms with Gasteiger partial charge >= 0.3 is 0 Å². The first kappa shape index (κ1) is 23.3. The maximum absolute atomic E-state index is 11.2. The van der Waals surface area contributed by atoms with Gasteiger partial charge in [-0.1, -0.05) is 36.4 Å². The van der Waals surface area contributed by atoms with Crippen molar-refractivity contribution >= 4 is 16.7 Å². The highest BCUT2D eigenvalue weighted by atomic mass is 16.3. The number of anilines is 1. The normalized spacial score (nSPS) is 17.0. The van der Waals surface area contributed by atoms with Crippen molar-refractivity contribution in [1.29, 1.82) is 0 Å². The van der Waals surface area contributed by atoms with E-state index in [-0.39, 0.29) is 0 Å². The minimum atomic E-state index is -0.589. The van der Waals surface area contributed by atoms with Gasteiger partial charge in [-0.3, -0.25) is 4.90 Å². The van der Waals surface area contributed by atoms with Gasteiger partial charge in [0.1, 0.15) is 11.9 Å². The van der Waals surface area contributed by atoms with E-state index in [1.54, 1.807) is 0 Å². The Morgan fingerprint density at radius 1 is 0.917 bits per heavy atom. The van der Waals surface area contributed by atoms with Gasteiger partial charge in [-0.25, -0.2) is 4.98 Å². The van der Waals surface area contributed by atoms with E-state index in [1.807, 2.05) is 36.5 Å². The molecule has 0 spiro atoms. The van der Waals surface area contributed by atoms with Gasteiger partial charge in [-0.15, -0.1) is 0 Å². The minimum absolute atomic E-state index is 0.589. The predicted octanol–water partition coefficient (Wildman–Crippen LogP) is 5.05. The molecule has 1 unspecified atom stereocenters. The highest BCUT2D eigenvalue weighted by molar-refractivity contribution is 5.89. The third-order valence-electron chi connectivity index (χ3n) is 8.18. The van der Waals surface area contributed by atoms with E-state index in [2.05, 4.69) is 57.5 Å². The lowest BCUT2D eigenvalue weighted by molar-refractivity contribution is 0.220. The molecule has 2 aliphatic rings. The number of rotatable bonds is 6. The number of piperazine rings is 1. The Labute approximate surface area is 214 Å². The van der Waals surface area contributed by atoms with Crippen LogP contribution in [0.3, 0.4) is 0 Å². The first-order valence-corrected chi connectivity index (χ1v) is 13.4. The van der Waals surface area contributed by atoms with E-state index in [1.165, 1.54) is 33.3 Å². The molecule has 0 aliphatic carbocycles. The van der Waals surface area contributed by atoms with Crippen LogP contribution in [0.4, 0.5) is 5.82 Å². The number of aromatic nitrogens is 2. The molecule has 2 aromatic carbocycles. The molecule has 0 saturated carbocycles. The summed E-state index contributed by atoms with van der Waals surface area (Å²) in [7, 11) is 0. The van der Waals surface area contributed by atoms with E-state index < -0.39 is 6.10 Å². The zero-order valence-corrected chi connectivity index (χ0v) is 21.5. The van der Waals surface area contributed by atoms with E-state index in [4.69, 9.17) is 0 Å². The molecule has 6 rings (SSSR count). The SMILES string of the molecule is Cc1ccnc(N2CCN(CCc3c(C)n4c5c(cc(C(O)c6ccccc6)cc35)CCC4)CC2)c1. The number of benzene rings is 2. The Morgan fingerprint density at radius 3 is 2.50 bits per heavy atom. The summed E-state index contributed by atoms with van der Waals surface area (Å²) in [5.74, 6) is 1.10. The van der Waals surface area contributed by atoms with Crippen LogP contribution in [0.2, 0.25) is 0 Å². The molecule has 1 atom stereocenters. The first-order chi connectivity index (χ1) is 17.6. The van der Waals surface area contributed by atoms with Crippen LogP contribution < -0.4 is 4.90 Å². The maximum atomic E-state index is 11.2. The number of hydrogen-bond donors (Lipinski definition) is 1. The Bertz CT molecular complexity index is 1370. The Kier molecular flexibility index (Phi) is 6.28. The van der Waals surface area contributed by atoms with Crippen LogP contribution in [0.5, 0.6) is 0 Å². The zero-order valence-electron chi connectivity index (χ0n) is 21.5. The van der Waals surface area contributed by atoms with Gasteiger partial charge in [0, 0.05) is 56.5 Å². The lowest BCUT2D eigenvalue weighted by Gasteiger charge is -2.35. The van der Waals surface area contributed by atoms with E-state index in [0.29, 0.717) is 0 Å². The summed E-state index contributed by atoms with van der Waals surface area (Å²) < 4.78 is 2.53. The highest BCUT2D eigenvalue weighted by Gasteiger charge is 2.24. The molecule has 2 aromatic heterocycles. The summed E-state index contributed by atoms with van der Waals surface area (Å²) in [4.78, 5) is 9.59. The third kappa shape index (κ3) is 4.31. The summed E-state index contributed by atoms with van der Waals surface area (Å²) in [6.07, 6.45) is 4.62. The monoisotopic (exact) mass is 480 g/mol. The predicted molar refractivity (Wildman–Crippen MR) is 147 cm³/mol. The Morgan fingerprint density at radius 2 is 1.72 bits per heavy atom. The molecule has 0 amide bonds. The standard InChI is InChI=1S/C31H36N4O/c1-22-10-12-32-29(19-22)34-17-15-33(16-18-34)14-11-27-23(2)35-13-6-9-25-20-26(21-28(27)30(25)35)31(36)24-7-4-3-5-8-24/h3-5,7-8,10,12,19-21,31,36H,6,9,11,13-18H2,1-2H3. The lowest BCUT2D eigenvalue weighted by Crippen LogP contribution is -2.47. The second-order valence-corrected chi connectivity index (χ2v) is 10.5. The first-order valence-electron chi connectivity index (χ1n) is 13.4. The van der Waals surface area contributed by atoms with Gasteiger partial charge in [0.25, 0.3) is 0 Å². The number of aliphatic hydroxyl groups is 1. The molecule has 4 heterocycles. The smallest absolute Gasteiger partial charge is 0.128 e. The topological polar surface area (TPSA) is 44.5 Å². The van der Waals surface area contributed by atoms with Crippen molar-refractivity contribution in [3.05, 3.63) is 94.3 Å². The number of pyridine rings is 1. The third-order valence-corrected chi connectivity index (χ3v) is 8.18. The van der Waals surface area contributed by atoms with Crippen LogP contribution in [-0.4, -0.2) is 52.3 Å². The molecule has 0 bridgehead atoms. The van der Waals surface area contributed by atoms with Gasteiger partial charge in [0.15, 0.2) is 0 Å². The van der Waals surface area contributed by atoms with Crippen molar-refractivity contribution in [3.63, 3.8) is 0 Å². The Balaban J connectivity index is 1.23. The van der Waals surface area contributed by atoms with Crippen LogP contribution in [0, 0.1) is 13.8 Å². The second-order valence-electron chi connectivity index (χ2n) is 10.5. The van der Waals surface area contributed by atoms with Crippen molar-refractivity contribution < 1.29 is 5.11 Å². The minimum Gasteiger partial charge on any atom is -0.384 e. The molecular weight excluding hydrogens is 444 g/mol. The fraction of sp³-hybridized carbons (Fsp3) is 0.387. The van der Waals surface area contributed by atoms with Crippen molar-refractivity contribution in [1.82, 2.24) is 14.5 Å². The number of aryl methyl sites for hydroxylation is 3. The molecule has 2 aliphatic heterocycles. The quantitative estimate of drug-likeness (QED) is 0.420. The molecule has 1 fully saturated rings. The number of hydrogen-bond acceptors (Lipinski definition) is 4. The summed E-state index contributed by atoms with van der Waals surface area (Å²) >= 11 is 0. The lowest BCUT2D eigenvalue weighted by atomic mass is 9.93. The molecule has 4 aromatic rings. The van der Waals surface area contributed by atoms with Gasteiger partial charge < -0.3 is 14.6 Å². The maximum Gasteiger partial charge on any atom is 0.128 e. The van der Waals surface area contributed by atoms with Crippen molar-refractivity contribution in [3.8, 4) is 0 Å². The van der Waals surface area contributed by atoms with Gasteiger partial charge in [0.05, 0.1) is 5.52 Å². The van der Waals surface area contributed by atoms with Crippen LogP contribution in [0.25, 0.3) is 10.9 Å². The van der Waals surface area contributed by atoms with Crippen LogP contribution >= 0.6 is 0 Å². The second kappa shape index (κ2) is 9.72. The largest absolute Gasteiger partial charge is 0.384 e. The fourth-order valence-electron chi connectivity index (χ4n) is 6.16. The van der Waals surface area contributed by atoms with Crippen molar-refractivity contribution in [2.24, 2.45) is 0 Å². The molecular formula is C31H36N4O. The molecule has 0 radical (unpaired) electrons. The average Bonchev–Trinajstić information content (AvgIpc) is 3.19. The highest BCUT2D eigenvalue weighted by Crippen LogP contribution is 2.36. The summed E-state index contributed by atoms with van der Waals surface area (Å²) in [6, 6.07) is 18.8. The van der Waals surface area contributed by atoms with E-state index >= 15 is 0 Å². The molecule has 36 heavy (non-hydrogen) atoms. The fourth-order valence-corrected chi connectivity index (χ4v) is 6.16. The van der Waals surface area contributed by atoms with Gasteiger partial charge in [-0.2, -0.15) is 0 Å². The van der Waals surface area contributed by atoms with Gasteiger partial charge in [0.2, 0.25) is 0 Å². The molecule has 1 saturated heterocycles. The van der Waals surface area contributed by atoms with Crippen LogP contribution in [0.1, 0.15) is 46.0 Å². The van der Waals surface area contributed by atoms with Gasteiger partial charge in [-0.05, 0) is 79.1 Å². The number of aliphatic hydroxyl groups excluding tert-OH is 1. The van der Waals surface area contributed by atoms with Crippen LogP contribution in [0.15, 0.2) is 60.8 Å². The summed E-state index contributed by atoms with van der Waals surface area (Å²) in [5.41, 5.74) is 8.88. The molecule has 186 valence electrons. The molecule has 5 nitrogen and oxygen atoms in total. The van der Waals surface area contributed by atoms with Crippen LogP contribution in [-0.2, 0) is 19.4 Å². The van der Waals surface area contributed by atoms with E-state index in [0.717, 1.165) is 75.5 Å². The van der Waals surface area contributed by atoms with Crippen molar-refractivity contribution in [2.45, 2.75) is 45.8 Å². The van der Waals surface area contributed by atoms with Crippen molar-refractivity contribution in [2.75, 3.05) is 37.6 Å². The molecule has 1 N–H and O–H groups in total. The average molecular weight is 481 g/mol. The zero-order chi connectivity index (χ0) is 24.6. The Hall–Kier alpha value is -3.15.